The number of nitriles is 1. The first-order chi connectivity index (χ1) is 63.3. The Morgan fingerprint density at radius 1 is 0.504 bits per heavy atom. The number of aromatic nitrogens is 10. The van der Waals surface area contributed by atoms with E-state index >= 15 is 0 Å². The molecular weight excluding hydrogens is 1980 g/mol. The SMILES string of the molecule is C#CCC#Cc1cn([C@H]2C[C@@H](O)[C@@H](CO)O2)c(=O)[nH]c1=O.C#CCC#Cc1cn([C@H]2C[C@@H](O)[C@@H](COP(P)P)O2)c(=O)[nH]c1=O.C#CCC#Cc1cn([C@H]2C[C@@H](OP(OCCC#N)N(C(C)C)C(C)C)[C@@H](CC)O2)c(=O)[nH]c1=O.CC(C)(C)[Si](C)(C)OC[C@H]1O[C@@H](n2cc(C#CCC#C[Si](C)(C)C)c(=O)[nH]c2=O)C[C@H]1O[Si](C)(C)C(C)(C)C.O=c1[nH]c(=O)n([C@H]2C[C@@H](O)[C@@H](CO)O2)cc1I. The van der Waals surface area contributed by atoms with Crippen molar-refractivity contribution in [2.24, 2.45) is 0 Å². The second kappa shape index (κ2) is 53.3. The van der Waals surface area contributed by atoms with E-state index in [1.54, 1.807) is 22.6 Å². The lowest BCUT2D eigenvalue weighted by Crippen LogP contribution is -2.48. The molecule has 5 saturated heterocycles. The fourth-order valence-corrected chi connectivity index (χ4v) is 19.2. The van der Waals surface area contributed by atoms with Gasteiger partial charge in [0.05, 0.1) is 119 Å². The standard InChI is InChI=1S/C29H50N2O5Si3.C24H33N4O5P.C14H17N2O5P3.C14H14N2O5.C9H11IN2O5/c1-28(2,3)38(10,11)34-21-24-23(36-39(12,13)29(4,5)6)19-25(35-24)31-20-22(26(32)30-27(31)33)17-15-14-16-18-37(7,8)9;1-7-9-10-12-19-16-27(24(30)26-23(19)29)22-15-21(20(8-2)32-22)33-34(31-14-11-13-25)28(17(3)4)18(5)6;1-2-3-4-5-9-7-16(14(19)15-13(9)18)12-6-10(17)11(21-12)8-20-24(22)23;1-2-3-4-5-9-7-16(14(20)15-13(9)19)12-6-10(18)11(8-17)21-12;10-4-2-12(9(16)11-8(4)15)7-1-5(14)6(3-13)17-7/h20,23-25H,14,19,21H2,1-13H3,(H,30,32,33);1,16-18,20-22H,8-9,11,14-15H2,2-6H3,(H,26,29,30);1,7,10-12,17H,3,6,8,22-23H2,(H,15,18,19);1,7,10-12,17-18H,3,6,8H2,(H,15,19,20);2,5-7,13-14H,1,3H2,(H,11,15,16)/t23-,24-,25-;20-,21-,22-,34?;2*10-,11-,12-;5-,6-,7-/m11111/s1. The molecule has 5 aromatic heterocycles. The van der Waals surface area contributed by atoms with Gasteiger partial charge in [-0.3, -0.25) is 71.7 Å². The number of nitrogens with zero attached hydrogens (tertiary/aromatic N) is 7. The Morgan fingerprint density at radius 3 is 1.20 bits per heavy atom. The van der Waals surface area contributed by atoms with Crippen molar-refractivity contribution in [2.75, 3.05) is 33.0 Å². The minimum absolute atomic E-state index is 0.0197. The van der Waals surface area contributed by atoms with Gasteiger partial charge in [-0.15, -0.1) is 24.8 Å². The Kier molecular flexibility index (Phi) is 45.6. The van der Waals surface area contributed by atoms with Gasteiger partial charge in [0.25, 0.3) is 36.3 Å². The normalized spacial score (nSPS) is 22.6. The Labute approximate surface area is 808 Å². The van der Waals surface area contributed by atoms with Crippen molar-refractivity contribution in [3.05, 3.63) is 161 Å². The lowest BCUT2D eigenvalue weighted by Gasteiger charge is -2.40. The number of nitrogens with one attached hydrogen (secondary N) is 5. The molecule has 3 unspecified atom stereocenters. The predicted molar refractivity (Wildman–Crippen MR) is 536 cm³/mol. The molecule has 10 rings (SSSR count). The van der Waals surface area contributed by atoms with Crippen molar-refractivity contribution >= 4 is 81.2 Å². The third-order valence-corrected chi connectivity index (χ3v) is 36.3. The van der Waals surface area contributed by atoms with Gasteiger partial charge in [-0.1, -0.05) is 157 Å². The summed E-state index contributed by atoms with van der Waals surface area (Å²) >= 11 is 1.80. The van der Waals surface area contributed by atoms with E-state index in [1.807, 2.05) is 6.92 Å². The average Bonchev–Trinajstić information content (AvgIpc) is 1.72. The summed E-state index contributed by atoms with van der Waals surface area (Å²) in [4.78, 5) is 131. The summed E-state index contributed by atoms with van der Waals surface area (Å²) in [6, 6.07) is 2.42. The van der Waals surface area contributed by atoms with Gasteiger partial charge in [-0.2, -0.15) is 5.26 Å². The highest BCUT2D eigenvalue weighted by Crippen LogP contribution is 2.54. The molecule has 5 aromatic rings. The minimum Gasteiger partial charge on any atom is -0.414 e. The Morgan fingerprint density at radius 2 is 0.852 bits per heavy atom. The summed E-state index contributed by atoms with van der Waals surface area (Å²) in [5, 5.41) is 56.3. The molecule has 10 N–H and O–H groups in total. The first-order valence-corrected chi connectivity index (χ1v) is 59.5. The van der Waals surface area contributed by atoms with Crippen LogP contribution in [0.4, 0.5) is 0 Å². The molecule has 18 atom stereocenters. The van der Waals surface area contributed by atoms with Gasteiger partial charge in [-0.05, 0) is 93.0 Å². The van der Waals surface area contributed by atoms with Gasteiger partial charge in [0.1, 0.15) is 85.9 Å². The summed E-state index contributed by atoms with van der Waals surface area (Å²) in [5.74, 6) is 31.9. The van der Waals surface area contributed by atoms with Crippen molar-refractivity contribution < 1.29 is 71.6 Å². The van der Waals surface area contributed by atoms with Gasteiger partial charge >= 0.3 is 28.4 Å². The number of aliphatic hydroxyl groups is 5. The van der Waals surface area contributed by atoms with Crippen LogP contribution in [0.5, 0.6) is 0 Å². The predicted octanol–water partition coefficient (Wildman–Crippen LogP) is 7.02. The molecule has 10 heterocycles. The Hall–Kier alpha value is -8.17. The van der Waals surface area contributed by atoms with Crippen molar-refractivity contribution in [3.63, 3.8) is 0 Å². The molecular formula is C90H125IN12O25P4Si3. The molecule has 5 fully saturated rings. The van der Waals surface area contributed by atoms with Crippen LogP contribution in [0.3, 0.4) is 0 Å². The van der Waals surface area contributed by atoms with E-state index in [-0.39, 0.29) is 140 Å². The highest BCUT2D eigenvalue weighted by Gasteiger charge is 2.48. The zero-order valence-corrected chi connectivity index (χ0v) is 88.5. The smallest absolute Gasteiger partial charge is 0.330 e. The average molecular weight is 2110 g/mol. The first kappa shape index (κ1) is 116. The van der Waals surface area contributed by atoms with Crippen LogP contribution in [0.2, 0.25) is 55.9 Å². The molecule has 0 radical (unpaired) electrons. The summed E-state index contributed by atoms with van der Waals surface area (Å²) in [5.41, 5.74) is -1.90. The van der Waals surface area contributed by atoms with Crippen LogP contribution in [0.1, 0.15) is 200 Å². The molecule has 0 spiro atoms. The maximum Gasteiger partial charge on any atom is 0.330 e. The third kappa shape index (κ3) is 34.4. The van der Waals surface area contributed by atoms with Crippen LogP contribution in [0, 0.1) is 111 Å². The lowest BCUT2D eigenvalue weighted by molar-refractivity contribution is -0.0459. The van der Waals surface area contributed by atoms with Crippen molar-refractivity contribution in [1.82, 2.24) is 52.4 Å². The molecule has 37 nitrogen and oxygen atoms in total. The number of halogens is 1. The van der Waals surface area contributed by atoms with E-state index in [1.165, 1.54) is 49.3 Å². The van der Waals surface area contributed by atoms with E-state index in [0.717, 1.165) is 4.57 Å². The highest BCUT2D eigenvalue weighted by molar-refractivity contribution is 14.1. The second-order valence-electron chi connectivity index (χ2n) is 36.2. The number of terminal acetylenes is 3. The van der Waals surface area contributed by atoms with Gasteiger partial charge in [0.15, 0.2) is 16.6 Å². The topological polar surface area (TPSA) is 495 Å². The number of hydrogen-bond acceptors (Lipinski definition) is 27. The summed E-state index contributed by atoms with van der Waals surface area (Å²) in [6.07, 6.45) is 16.6. The number of aromatic amines is 5. The number of aliphatic hydroxyl groups excluding tert-OH is 5. The van der Waals surface area contributed by atoms with Crippen LogP contribution in [0.15, 0.2) is 78.9 Å². The van der Waals surface area contributed by atoms with E-state index in [0.29, 0.717) is 35.9 Å². The fourth-order valence-electron chi connectivity index (χ4n) is 13.2. The third-order valence-electron chi connectivity index (χ3n) is 22.1. The van der Waals surface area contributed by atoms with Crippen LogP contribution < -0.4 is 56.2 Å². The zero-order valence-electron chi connectivity index (χ0n) is 79.2. The minimum atomic E-state index is -2.13. The van der Waals surface area contributed by atoms with Crippen molar-refractivity contribution in [1.29, 1.82) is 5.26 Å². The molecule has 0 aliphatic carbocycles. The Balaban J connectivity index is 0.000000267. The maximum absolute atomic E-state index is 12.9. The van der Waals surface area contributed by atoms with Crippen LogP contribution >= 0.6 is 56.5 Å². The van der Waals surface area contributed by atoms with E-state index in [9.17, 15) is 63.3 Å². The second-order valence-corrected chi connectivity index (χ2v) is 58.9. The summed E-state index contributed by atoms with van der Waals surface area (Å²) < 4.78 is 69.1. The molecule has 5 aliphatic heterocycles. The lowest BCUT2D eigenvalue weighted by atomic mass is 10.1. The molecule has 0 bridgehead atoms. The molecule has 45 heteroatoms. The Bertz CT molecular complexity index is 6050. The van der Waals surface area contributed by atoms with Crippen molar-refractivity contribution in [2.45, 2.75) is 307 Å². The van der Waals surface area contributed by atoms with E-state index in [4.69, 9.17) is 80.9 Å². The van der Waals surface area contributed by atoms with Crippen LogP contribution in [0.25, 0.3) is 0 Å². The fraction of sp³-hybridized carbons (Fsp3) is 0.589. The summed E-state index contributed by atoms with van der Waals surface area (Å²) in [7, 11) is -2.81. The van der Waals surface area contributed by atoms with Crippen molar-refractivity contribution in [3.8, 4) is 102 Å². The number of H-pyrrole nitrogens is 5. The molecule has 0 amide bonds. The van der Waals surface area contributed by atoms with E-state index in [2.05, 4.69) is 245 Å². The molecule has 5 aliphatic rings. The molecule has 0 saturated carbocycles. The number of ether oxygens (including phenoxy) is 5. The van der Waals surface area contributed by atoms with Gasteiger partial charge in [0.2, 0.25) is 0 Å². The molecule has 0 aromatic carbocycles. The quantitative estimate of drug-likeness (QED) is 0.00975. The largest absolute Gasteiger partial charge is 0.414 e. The monoisotopic (exact) mass is 2110 g/mol. The van der Waals surface area contributed by atoms with Gasteiger partial charge in [0, 0.05) is 75.2 Å². The maximum atomic E-state index is 12.9. The highest BCUT2D eigenvalue weighted by atomic mass is 127. The number of hydrogen-bond donors (Lipinski definition) is 10. The molecule has 135 heavy (non-hydrogen) atoms. The van der Waals surface area contributed by atoms with Crippen LogP contribution in [-0.2, 0) is 46.1 Å². The molecule has 734 valence electrons. The van der Waals surface area contributed by atoms with E-state index < -0.39 is 165 Å². The number of rotatable bonds is 24. The van der Waals surface area contributed by atoms with Gasteiger partial charge < -0.3 is 71.6 Å². The van der Waals surface area contributed by atoms with Gasteiger partial charge in [-0.25, -0.2) is 28.6 Å². The summed E-state index contributed by atoms with van der Waals surface area (Å²) in [6.45, 7) is 39.1. The zero-order chi connectivity index (χ0) is 101. The van der Waals surface area contributed by atoms with Crippen LogP contribution in [-0.4, -0.2) is 209 Å². The first-order valence-electron chi connectivity index (χ1n) is 43.5.